The fourth-order valence-corrected chi connectivity index (χ4v) is 2.18. The van der Waals surface area contributed by atoms with Gasteiger partial charge in [0.2, 0.25) is 0 Å². The Hall–Kier alpha value is -3.46. The highest BCUT2D eigenvalue weighted by atomic mass is 35.5. The van der Waals surface area contributed by atoms with Crippen LogP contribution in [-0.4, -0.2) is 20.9 Å². The number of nitrogens with two attached hydrogens (primary N) is 1. The normalized spacial score (nSPS) is 10.2. The van der Waals surface area contributed by atoms with E-state index in [-0.39, 0.29) is 28.3 Å². The van der Waals surface area contributed by atoms with Crippen molar-refractivity contribution < 1.29 is 9.18 Å². The molecule has 26 heavy (non-hydrogen) atoms. The minimum atomic E-state index is -0.533. The van der Waals surface area contributed by atoms with Crippen molar-refractivity contribution >= 4 is 40.5 Å². The number of hydrogen-bond acceptors (Lipinski definition) is 7. The number of pyridine rings is 1. The lowest BCUT2D eigenvalue weighted by atomic mass is 10.2. The fourth-order valence-electron chi connectivity index (χ4n) is 2.00. The molecule has 0 bridgehead atoms. The first-order valence-electron chi connectivity index (χ1n) is 7.33. The SMILES string of the molecule is Nc1c(NNC(=O)c2ccncc2)ncnc1Nc1ccc(F)c(Cl)c1. The summed E-state index contributed by atoms with van der Waals surface area (Å²) in [6, 6.07) is 7.23. The Morgan fingerprint density at radius 1 is 1.12 bits per heavy atom. The monoisotopic (exact) mass is 373 g/mol. The molecule has 3 rings (SSSR count). The highest BCUT2D eigenvalue weighted by molar-refractivity contribution is 6.31. The minimum absolute atomic E-state index is 0.0365. The van der Waals surface area contributed by atoms with Crippen molar-refractivity contribution in [2.75, 3.05) is 16.5 Å². The van der Waals surface area contributed by atoms with Crippen LogP contribution in [0, 0.1) is 5.82 Å². The fraction of sp³-hybridized carbons (Fsp3) is 0. The van der Waals surface area contributed by atoms with Gasteiger partial charge in [0, 0.05) is 23.6 Å². The van der Waals surface area contributed by atoms with Gasteiger partial charge in [0.25, 0.3) is 5.91 Å². The number of aromatic nitrogens is 3. The summed E-state index contributed by atoms with van der Waals surface area (Å²) < 4.78 is 13.2. The molecule has 0 aliphatic rings. The van der Waals surface area contributed by atoms with Crippen LogP contribution >= 0.6 is 11.6 Å². The van der Waals surface area contributed by atoms with E-state index in [1.54, 1.807) is 12.1 Å². The van der Waals surface area contributed by atoms with Gasteiger partial charge in [-0.3, -0.25) is 20.6 Å². The Balaban J connectivity index is 1.72. The summed E-state index contributed by atoms with van der Waals surface area (Å²) >= 11 is 5.75. The topological polar surface area (TPSA) is 118 Å². The lowest BCUT2D eigenvalue weighted by molar-refractivity contribution is 0.0962. The van der Waals surface area contributed by atoms with Crippen molar-refractivity contribution in [1.29, 1.82) is 0 Å². The molecule has 3 aromatic rings. The molecule has 0 saturated carbocycles. The summed E-state index contributed by atoms with van der Waals surface area (Å²) in [5.41, 5.74) is 12.2. The lowest BCUT2D eigenvalue weighted by Crippen LogP contribution is -2.30. The molecule has 8 nitrogen and oxygen atoms in total. The third-order valence-electron chi connectivity index (χ3n) is 3.30. The second-order valence-electron chi connectivity index (χ2n) is 5.05. The summed E-state index contributed by atoms with van der Waals surface area (Å²) in [4.78, 5) is 23.9. The predicted octanol–water partition coefficient (Wildman–Crippen LogP) is 2.75. The highest BCUT2D eigenvalue weighted by Crippen LogP contribution is 2.27. The summed E-state index contributed by atoms with van der Waals surface area (Å²) in [6.45, 7) is 0. The van der Waals surface area contributed by atoms with Gasteiger partial charge in [-0.1, -0.05) is 11.6 Å². The number of anilines is 4. The smallest absolute Gasteiger partial charge is 0.269 e. The number of nitrogen functional groups attached to an aromatic ring is 1. The molecular weight excluding hydrogens is 361 g/mol. The van der Waals surface area contributed by atoms with Gasteiger partial charge in [0.1, 0.15) is 17.8 Å². The first-order chi connectivity index (χ1) is 12.5. The maximum atomic E-state index is 13.2. The first kappa shape index (κ1) is 17.4. The number of carbonyl (C=O) groups is 1. The molecule has 1 aromatic carbocycles. The zero-order valence-electron chi connectivity index (χ0n) is 13.2. The van der Waals surface area contributed by atoms with E-state index in [4.69, 9.17) is 17.3 Å². The molecule has 0 fully saturated rings. The van der Waals surface area contributed by atoms with Crippen LogP contribution in [0.3, 0.4) is 0 Å². The Morgan fingerprint density at radius 2 is 1.85 bits per heavy atom. The highest BCUT2D eigenvalue weighted by Gasteiger charge is 2.11. The lowest BCUT2D eigenvalue weighted by Gasteiger charge is -2.13. The number of carbonyl (C=O) groups excluding carboxylic acids is 1. The molecular formula is C16H13ClFN7O. The molecule has 0 aliphatic carbocycles. The van der Waals surface area contributed by atoms with Gasteiger partial charge in [-0.05, 0) is 30.3 Å². The molecule has 0 saturated heterocycles. The van der Waals surface area contributed by atoms with Crippen molar-refractivity contribution in [3.63, 3.8) is 0 Å². The van der Waals surface area contributed by atoms with Gasteiger partial charge < -0.3 is 11.1 Å². The third-order valence-corrected chi connectivity index (χ3v) is 3.59. The molecule has 5 N–H and O–H groups in total. The van der Waals surface area contributed by atoms with Gasteiger partial charge in [0.05, 0.1) is 5.02 Å². The number of hydrogen-bond donors (Lipinski definition) is 4. The first-order valence-corrected chi connectivity index (χ1v) is 7.71. The van der Waals surface area contributed by atoms with Gasteiger partial charge in [-0.15, -0.1) is 0 Å². The molecule has 132 valence electrons. The Morgan fingerprint density at radius 3 is 2.58 bits per heavy atom. The van der Waals surface area contributed by atoms with Crippen LogP contribution in [-0.2, 0) is 0 Å². The number of halogens is 2. The molecule has 10 heteroatoms. The molecule has 0 atom stereocenters. The Bertz CT molecular complexity index is 939. The number of nitrogens with one attached hydrogen (secondary N) is 3. The van der Waals surface area contributed by atoms with E-state index >= 15 is 0 Å². The van der Waals surface area contributed by atoms with Gasteiger partial charge >= 0.3 is 0 Å². The number of nitrogens with zero attached hydrogens (tertiary/aromatic N) is 3. The van der Waals surface area contributed by atoms with Crippen molar-refractivity contribution in [2.24, 2.45) is 0 Å². The maximum Gasteiger partial charge on any atom is 0.269 e. The van der Waals surface area contributed by atoms with Crippen LogP contribution in [0.2, 0.25) is 5.02 Å². The number of hydrazine groups is 1. The van der Waals surface area contributed by atoms with Crippen molar-refractivity contribution in [1.82, 2.24) is 20.4 Å². The summed E-state index contributed by atoms with van der Waals surface area (Å²) in [5.74, 6) is -0.458. The molecule has 1 amide bonds. The van der Waals surface area contributed by atoms with Crippen LogP contribution in [0.4, 0.5) is 27.4 Å². The quantitative estimate of drug-likeness (QED) is 0.508. The molecule has 0 spiro atoms. The zero-order valence-corrected chi connectivity index (χ0v) is 14.0. The molecule has 0 aliphatic heterocycles. The van der Waals surface area contributed by atoms with E-state index in [1.807, 2.05) is 0 Å². The van der Waals surface area contributed by atoms with Gasteiger partial charge in [0.15, 0.2) is 11.6 Å². The van der Waals surface area contributed by atoms with Crippen LogP contribution < -0.4 is 21.9 Å². The standard InChI is InChI=1S/C16H13ClFN7O/c17-11-7-10(1-2-12(11)18)23-14-13(19)15(22-8-21-14)24-25-16(26)9-3-5-20-6-4-9/h1-8H,19H2,(H,25,26)(H2,21,22,23,24). The average molecular weight is 374 g/mol. The predicted molar refractivity (Wildman–Crippen MR) is 96.5 cm³/mol. The van der Waals surface area contributed by atoms with E-state index in [2.05, 4.69) is 31.1 Å². The minimum Gasteiger partial charge on any atom is -0.393 e. The van der Waals surface area contributed by atoms with E-state index in [0.717, 1.165) is 0 Å². The van der Waals surface area contributed by atoms with Gasteiger partial charge in [-0.2, -0.15) is 0 Å². The van der Waals surface area contributed by atoms with E-state index in [1.165, 1.54) is 36.9 Å². The molecule has 2 heterocycles. The van der Waals surface area contributed by atoms with Crippen molar-refractivity contribution in [3.05, 3.63) is 65.5 Å². The van der Waals surface area contributed by atoms with Crippen LogP contribution in [0.5, 0.6) is 0 Å². The third kappa shape index (κ3) is 3.95. The van der Waals surface area contributed by atoms with E-state index in [9.17, 15) is 9.18 Å². The van der Waals surface area contributed by atoms with Crippen LogP contribution in [0.15, 0.2) is 49.1 Å². The second kappa shape index (κ2) is 7.62. The summed E-state index contributed by atoms with van der Waals surface area (Å²) in [5, 5.41) is 2.88. The Labute approximate surface area is 152 Å². The number of benzene rings is 1. The summed E-state index contributed by atoms with van der Waals surface area (Å²) in [6.07, 6.45) is 4.26. The average Bonchev–Trinajstić information content (AvgIpc) is 2.66. The zero-order chi connectivity index (χ0) is 18.5. The molecule has 0 unspecified atom stereocenters. The van der Waals surface area contributed by atoms with Crippen LogP contribution in [0.1, 0.15) is 10.4 Å². The van der Waals surface area contributed by atoms with Crippen molar-refractivity contribution in [2.45, 2.75) is 0 Å². The van der Waals surface area contributed by atoms with E-state index < -0.39 is 5.82 Å². The van der Waals surface area contributed by atoms with Crippen LogP contribution in [0.25, 0.3) is 0 Å². The van der Waals surface area contributed by atoms with Gasteiger partial charge in [-0.25, -0.2) is 14.4 Å². The van der Waals surface area contributed by atoms with E-state index in [0.29, 0.717) is 11.3 Å². The molecule has 0 radical (unpaired) electrons. The van der Waals surface area contributed by atoms with Crippen molar-refractivity contribution in [3.8, 4) is 0 Å². The number of amides is 1. The Kier molecular flexibility index (Phi) is 5.09. The largest absolute Gasteiger partial charge is 0.393 e. The number of rotatable bonds is 5. The maximum absolute atomic E-state index is 13.2. The second-order valence-corrected chi connectivity index (χ2v) is 5.46. The summed E-state index contributed by atoms with van der Waals surface area (Å²) in [7, 11) is 0. The molecule has 2 aromatic heterocycles.